The molecule has 24 heavy (non-hydrogen) atoms. The maximum absolute atomic E-state index is 12.3. The summed E-state index contributed by atoms with van der Waals surface area (Å²) in [6.07, 6.45) is 1.39. The molecule has 0 atom stereocenters. The zero-order valence-corrected chi connectivity index (χ0v) is 14.5. The van der Waals surface area contributed by atoms with Crippen molar-refractivity contribution in [1.29, 1.82) is 5.26 Å². The molecule has 122 valence electrons. The van der Waals surface area contributed by atoms with Gasteiger partial charge in [0.25, 0.3) is 5.91 Å². The molecule has 0 aliphatic carbocycles. The van der Waals surface area contributed by atoms with Crippen LogP contribution >= 0.6 is 11.6 Å². The molecular formula is C19H18ClN3O. The summed E-state index contributed by atoms with van der Waals surface area (Å²) in [4.78, 5) is 12.3. The van der Waals surface area contributed by atoms with E-state index in [1.165, 1.54) is 6.20 Å². The summed E-state index contributed by atoms with van der Waals surface area (Å²) < 4.78 is 0. The molecule has 2 aromatic rings. The number of nitrogens with one attached hydrogen (secondary N) is 2. The molecule has 0 radical (unpaired) electrons. The Morgan fingerprint density at radius 3 is 2.58 bits per heavy atom. The first kappa shape index (κ1) is 17.6. The highest BCUT2D eigenvalue weighted by Crippen LogP contribution is 2.23. The van der Waals surface area contributed by atoms with Crippen molar-refractivity contribution in [1.82, 2.24) is 0 Å². The first-order chi connectivity index (χ1) is 11.4. The summed E-state index contributed by atoms with van der Waals surface area (Å²) >= 11 is 6.06. The van der Waals surface area contributed by atoms with Crippen LogP contribution in [0, 0.1) is 32.1 Å². The Morgan fingerprint density at radius 1 is 1.17 bits per heavy atom. The number of carbonyl (C=O) groups excluding carboxylic acids is 1. The first-order valence-corrected chi connectivity index (χ1v) is 7.80. The molecular weight excluding hydrogens is 322 g/mol. The molecule has 0 aliphatic rings. The number of anilines is 2. The highest BCUT2D eigenvalue weighted by molar-refractivity contribution is 6.31. The van der Waals surface area contributed by atoms with Crippen LogP contribution in [0.1, 0.15) is 16.7 Å². The van der Waals surface area contributed by atoms with Gasteiger partial charge in [-0.3, -0.25) is 4.79 Å². The van der Waals surface area contributed by atoms with Crippen LogP contribution < -0.4 is 10.6 Å². The Hall–Kier alpha value is -2.77. The van der Waals surface area contributed by atoms with E-state index in [0.717, 1.165) is 22.4 Å². The van der Waals surface area contributed by atoms with Gasteiger partial charge in [0.15, 0.2) is 0 Å². The van der Waals surface area contributed by atoms with Crippen molar-refractivity contribution in [2.45, 2.75) is 20.8 Å². The van der Waals surface area contributed by atoms with Crippen molar-refractivity contribution in [3.63, 3.8) is 0 Å². The Bertz CT molecular complexity index is 850. The van der Waals surface area contributed by atoms with Crippen molar-refractivity contribution in [3.8, 4) is 6.07 Å². The minimum absolute atomic E-state index is 0.0191. The molecule has 0 aromatic heterocycles. The largest absolute Gasteiger partial charge is 0.360 e. The fourth-order valence-electron chi connectivity index (χ4n) is 2.21. The van der Waals surface area contributed by atoms with Crippen LogP contribution in [-0.2, 0) is 4.79 Å². The SMILES string of the molecule is Cc1ccc(NC(=O)/C(C#N)=C\Nc2cccc(Cl)c2C)c(C)c1. The first-order valence-electron chi connectivity index (χ1n) is 7.43. The van der Waals surface area contributed by atoms with E-state index in [0.29, 0.717) is 10.7 Å². The van der Waals surface area contributed by atoms with Gasteiger partial charge in [0.05, 0.1) is 0 Å². The number of rotatable bonds is 4. The monoisotopic (exact) mass is 339 g/mol. The van der Waals surface area contributed by atoms with E-state index in [2.05, 4.69) is 10.6 Å². The van der Waals surface area contributed by atoms with Gasteiger partial charge in [-0.1, -0.05) is 35.4 Å². The number of halogens is 1. The molecule has 0 fully saturated rings. The molecule has 1 amide bonds. The average Bonchev–Trinajstić information content (AvgIpc) is 2.54. The normalized spacial score (nSPS) is 10.9. The topological polar surface area (TPSA) is 64.9 Å². The van der Waals surface area contributed by atoms with Crippen LogP contribution in [0.3, 0.4) is 0 Å². The number of nitrogens with zero attached hydrogens (tertiary/aromatic N) is 1. The van der Waals surface area contributed by atoms with Gasteiger partial charge in [0.1, 0.15) is 11.6 Å². The predicted molar refractivity (Wildman–Crippen MR) is 98.1 cm³/mol. The third kappa shape index (κ3) is 4.15. The standard InChI is InChI=1S/C19H18ClN3O/c1-12-7-8-17(13(2)9-12)23-19(24)15(10-21)11-22-18-6-4-5-16(20)14(18)3/h4-9,11,22H,1-3H3,(H,23,24)/b15-11-. The third-order valence-electron chi connectivity index (χ3n) is 3.63. The summed E-state index contributed by atoms with van der Waals surface area (Å²) in [7, 11) is 0. The lowest BCUT2D eigenvalue weighted by molar-refractivity contribution is -0.112. The van der Waals surface area contributed by atoms with Crippen LogP contribution in [0.15, 0.2) is 48.2 Å². The number of hydrogen-bond donors (Lipinski definition) is 2. The summed E-state index contributed by atoms with van der Waals surface area (Å²) in [5.74, 6) is -0.461. The van der Waals surface area contributed by atoms with Crippen molar-refractivity contribution < 1.29 is 4.79 Å². The van der Waals surface area contributed by atoms with Gasteiger partial charge in [-0.15, -0.1) is 0 Å². The molecule has 0 spiro atoms. The quantitative estimate of drug-likeness (QED) is 0.625. The molecule has 0 aliphatic heterocycles. The Morgan fingerprint density at radius 2 is 1.92 bits per heavy atom. The maximum Gasteiger partial charge on any atom is 0.267 e. The van der Waals surface area contributed by atoms with Crippen molar-refractivity contribution in [2.75, 3.05) is 10.6 Å². The minimum atomic E-state index is -0.461. The molecule has 4 nitrogen and oxygen atoms in total. The van der Waals surface area contributed by atoms with E-state index in [1.807, 2.05) is 51.1 Å². The molecule has 2 rings (SSSR count). The molecule has 0 heterocycles. The Kier molecular flexibility index (Phi) is 5.62. The zero-order chi connectivity index (χ0) is 17.7. The van der Waals surface area contributed by atoms with E-state index in [1.54, 1.807) is 12.1 Å². The highest BCUT2D eigenvalue weighted by Gasteiger charge is 2.11. The van der Waals surface area contributed by atoms with Crippen LogP contribution in [0.2, 0.25) is 5.02 Å². The number of benzene rings is 2. The van der Waals surface area contributed by atoms with E-state index in [9.17, 15) is 10.1 Å². The minimum Gasteiger partial charge on any atom is -0.360 e. The van der Waals surface area contributed by atoms with Crippen LogP contribution in [-0.4, -0.2) is 5.91 Å². The maximum atomic E-state index is 12.3. The van der Waals surface area contributed by atoms with Crippen LogP contribution in [0.25, 0.3) is 0 Å². The van der Waals surface area contributed by atoms with Gasteiger partial charge in [-0.05, 0) is 50.1 Å². The highest BCUT2D eigenvalue weighted by atomic mass is 35.5. The zero-order valence-electron chi connectivity index (χ0n) is 13.8. The van der Waals surface area contributed by atoms with Gasteiger partial charge < -0.3 is 10.6 Å². The van der Waals surface area contributed by atoms with Gasteiger partial charge in [-0.25, -0.2) is 0 Å². The lowest BCUT2D eigenvalue weighted by Crippen LogP contribution is -2.15. The molecule has 5 heteroatoms. The second-order valence-corrected chi connectivity index (χ2v) is 5.91. The molecule has 0 bridgehead atoms. The van der Waals surface area contributed by atoms with Crippen LogP contribution in [0.4, 0.5) is 11.4 Å². The second kappa shape index (κ2) is 7.67. The van der Waals surface area contributed by atoms with E-state index in [4.69, 9.17) is 11.6 Å². The fourth-order valence-corrected chi connectivity index (χ4v) is 2.38. The van der Waals surface area contributed by atoms with E-state index in [-0.39, 0.29) is 5.57 Å². The lowest BCUT2D eigenvalue weighted by Gasteiger charge is -2.10. The molecule has 0 saturated heterocycles. The number of aryl methyl sites for hydroxylation is 2. The number of nitriles is 1. The van der Waals surface area contributed by atoms with Gasteiger partial charge in [-0.2, -0.15) is 5.26 Å². The van der Waals surface area contributed by atoms with Crippen molar-refractivity contribution in [2.24, 2.45) is 0 Å². The molecule has 0 unspecified atom stereocenters. The average molecular weight is 340 g/mol. The predicted octanol–water partition coefficient (Wildman–Crippen LogP) is 4.72. The van der Waals surface area contributed by atoms with Crippen LogP contribution in [0.5, 0.6) is 0 Å². The summed E-state index contributed by atoms with van der Waals surface area (Å²) in [5.41, 5.74) is 4.32. The molecule has 2 N–H and O–H groups in total. The van der Waals surface area contributed by atoms with E-state index < -0.39 is 5.91 Å². The summed E-state index contributed by atoms with van der Waals surface area (Å²) in [6, 6.07) is 13.0. The lowest BCUT2D eigenvalue weighted by atomic mass is 10.1. The second-order valence-electron chi connectivity index (χ2n) is 5.50. The number of hydrogen-bond acceptors (Lipinski definition) is 3. The summed E-state index contributed by atoms with van der Waals surface area (Å²) in [5, 5.41) is 15.6. The number of carbonyl (C=O) groups is 1. The fraction of sp³-hybridized carbons (Fsp3) is 0.158. The summed E-state index contributed by atoms with van der Waals surface area (Å²) in [6.45, 7) is 5.75. The Balaban J connectivity index is 2.17. The van der Waals surface area contributed by atoms with Gasteiger partial charge in [0, 0.05) is 22.6 Å². The van der Waals surface area contributed by atoms with Gasteiger partial charge >= 0.3 is 0 Å². The Labute approximate surface area is 146 Å². The molecule has 2 aromatic carbocycles. The van der Waals surface area contributed by atoms with Gasteiger partial charge in [0.2, 0.25) is 0 Å². The number of amides is 1. The smallest absolute Gasteiger partial charge is 0.267 e. The third-order valence-corrected chi connectivity index (χ3v) is 4.04. The van der Waals surface area contributed by atoms with Crippen molar-refractivity contribution >= 4 is 28.9 Å². The van der Waals surface area contributed by atoms with E-state index >= 15 is 0 Å². The molecule has 0 saturated carbocycles. The van der Waals surface area contributed by atoms with Crippen molar-refractivity contribution in [3.05, 3.63) is 69.9 Å².